The Morgan fingerprint density at radius 1 is 0.857 bits per heavy atom. The van der Waals surface area contributed by atoms with Crippen molar-refractivity contribution >= 4 is 11.0 Å². The fraction of sp³-hybridized carbons (Fsp3) is 0.174. The summed E-state index contributed by atoms with van der Waals surface area (Å²) in [4.78, 5) is 7.73. The Bertz CT molecular complexity index is 1050. The average Bonchev–Trinajstić information content (AvgIpc) is 3.15. The molecule has 0 radical (unpaired) electrons. The lowest BCUT2D eigenvalue weighted by Gasteiger charge is -2.07. The van der Waals surface area contributed by atoms with E-state index in [-0.39, 0.29) is 5.82 Å². The summed E-state index contributed by atoms with van der Waals surface area (Å²) in [7, 11) is 1.95. The topological polar surface area (TPSA) is 52.7 Å². The van der Waals surface area contributed by atoms with Crippen LogP contribution in [0.4, 0.5) is 4.39 Å². The molecule has 0 saturated heterocycles. The molecular weight excluding hydrogens is 351 g/mol. The minimum atomic E-state index is -0.265. The maximum absolute atomic E-state index is 13.4. The Hall–Kier alpha value is -3.02. The molecule has 0 bridgehead atoms. The van der Waals surface area contributed by atoms with Crippen LogP contribution in [0.25, 0.3) is 33.5 Å². The van der Waals surface area contributed by atoms with Crippen molar-refractivity contribution in [1.82, 2.24) is 20.6 Å². The first-order chi connectivity index (χ1) is 13.7. The van der Waals surface area contributed by atoms with E-state index < -0.39 is 0 Å². The molecule has 3 aromatic carbocycles. The molecule has 0 aliphatic carbocycles. The third-order valence-electron chi connectivity index (χ3n) is 4.77. The lowest BCUT2D eigenvalue weighted by atomic mass is 10.0. The summed E-state index contributed by atoms with van der Waals surface area (Å²) in [6.45, 7) is 2.78. The van der Waals surface area contributed by atoms with E-state index in [1.54, 1.807) is 6.07 Å². The fourth-order valence-corrected chi connectivity index (χ4v) is 3.20. The number of fused-ring (bicyclic) bond motifs is 1. The zero-order chi connectivity index (χ0) is 19.3. The van der Waals surface area contributed by atoms with Crippen molar-refractivity contribution in [3.63, 3.8) is 0 Å². The minimum Gasteiger partial charge on any atom is -0.338 e. The SMILES string of the molecule is CNCCNCc1ccc(-c2ccc(-c3nc4ccc(F)cc4[nH]3)cc2)cc1. The maximum Gasteiger partial charge on any atom is 0.138 e. The lowest BCUT2D eigenvalue weighted by molar-refractivity contribution is 0.629. The number of nitrogens with zero attached hydrogens (tertiary/aromatic N) is 1. The maximum atomic E-state index is 13.4. The van der Waals surface area contributed by atoms with Gasteiger partial charge in [0.1, 0.15) is 11.6 Å². The molecule has 4 rings (SSSR count). The van der Waals surface area contributed by atoms with Gasteiger partial charge in [0.2, 0.25) is 0 Å². The molecule has 28 heavy (non-hydrogen) atoms. The molecule has 0 saturated carbocycles. The summed E-state index contributed by atoms with van der Waals surface area (Å²) < 4.78 is 13.4. The van der Waals surface area contributed by atoms with E-state index >= 15 is 0 Å². The Morgan fingerprint density at radius 3 is 2.25 bits per heavy atom. The van der Waals surface area contributed by atoms with Crippen molar-refractivity contribution in [3.8, 4) is 22.5 Å². The number of hydrogen-bond donors (Lipinski definition) is 3. The van der Waals surface area contributed by atoms with Crippen LogP contribution in [-0.2, 0) is 6.54 Å². The zero-order valence-corrected chi connectivity index (χ0v) is 15.8. The van der Waals surface area contributed by atoms with E-state index in [1.165, 1.54) is 23.3 Å². The number of likely N-dealkylation sites (N-methyl/N-ethyl adjacent to an activating group) is 1. The van der Waals surface area contributed by atoms with Crippen LogP contribution >= 0.6 is 0 Å². The monoisotopic (exact) mass is 374 g/mol. The van der Waals surface area contributed by atoms with Crippen molar-refractivity contribution in [1.29, 1.82) is 0 Å². The summed E-state index contributed by atoms with van der Waals surface area (Å²) in [6, 6.07) is 21.4. The van der Waals surface area contributed by atoms with Crippen molar-refractivity contribution in [2.24, 2.45) is 0 Å². The van der Waals surface area contributed by atoms with Gasteiger partial charge in [-0.3, -0.25) is 0 Å². The molecule has 1 aromatic heterocycles. The summed E-state index contributed by atoms with van der Waals surface area (Å²) in [5, 5.41) is 6.53. The highest BCUT2D eigenvalue weighted by Gasteiger charge is 2.07. The third-order valence-corrected chi connectivity index (χ3v) is 4.77. The first-order valence-corrected chi connectivity index (χ1v) is 9.43. The number of nitrogens with one attached hydrogen (secondary N) is 3. The predicted octanol–water partition coefficient (Wildman–Crippen LogP) is 4.35. The Labute approximate surface area is 163 Å². The van der Waals surface area contributed by atoms with E-state index in [9.17, 15) is 4.39 Å². The van der Waals surface area contributed by atoms with Crippen LogP contribution < -0.4 is 10.6 Å². The van der Waals surface area contributed by atoms with Crippen LogP contribution in [0.2, 0.25) is 0 Å². The largest absolute Gasteiger partial charge is 0.338 e. The molecule has 5 heteroatoms. The normalized spacial score (nSPS) is 11.2. The number of H-pyrrole nitrogens is 1. The number of imidazole rings is 1. The van der Waals surface area contributed by atoms with Gasteiger partial charge < -0.3 is 15.6 Å². The molecule has 3 N–H and O–H groups in total. The number of benzene rings is 3. The van der Waals surface area contributed by atoms with Crippen LogP contribution in [-0.4, -0.2) is 30.1 Å². The van der Waals surface area contributed by atoms with Gasteiger partial charge in [0, 0.05) is 25.2 Å². The van der Waals surface area contributed by atoms with E-state index in [0.717, 1.165) is 42.1 Å². The molecule has 0 amide bonds. The number of rotatable bonds is 7. The van der Waals surface area contributed by atoms with Gasteiger partial charge in [0.15, 0.2) is 0 Å². The van der Waals surface area contributed by atoms with E-state index in [0.29, 0.717) is 5.52 Å². The van der Waals surface area contributed by atoms with Crippen LogP contribution in [0.1, 0.15) is 5.56 Å². The second-order valence-corrected chi connectivity index (χ2v) is 6.80. The van der Waals surface area contributed by atoms with Crippen molar-refractivity contribution in [3.05, 3.63) is 78.1 Å². The predicted molar refractivity (Wildman–Crippen MR) is 113 cm³/mol. The van der Waals surface area contributed by atoms with Gasteiger partial charge in [-0.15, -0.1) is 0 Å². The van der Waals surface area contributed by atoms with Gasteiger partial charge in [-0.1, -0.05) is 48.5 Å². The van der Waals surface area contributed by atoms with Crippen molar-refractivity contribution in [2.75, 3.05) is 20.1 Å². The summed E-state index contributed by atoms with van der Waals surface area (Å²) in [6.07, 6.45) is 0. The van der Waals surface area contributed by atoms with Crippen molar-refractivity contribution < 1.29 is 4.39 Å². The summed E-state index contributed by atoms with van der Waals surface area (Å²) in [5.74, 6) is 0.480. The molecular formula is C23H23FN4. The number of aromatic nitrogens is 2. The Morgan fingerprint density at radius 2 is 1.54 bits per heavy atom. The highest BCUT2D eigenvalue weighted by atomic mass is 19.1. The summed E-state index contributed by atoms with van der Waals surface area (Å²) >= 11 is 0. The highest BCUT2D eigenvalue weighted by Crippen LogP contribution is 2.25. The third kappa shape index (κ3) is 4.11. The highest BCUT2D eigenvalue weighted by molar-refractivity contribution is 5.80. The second kappa shape index (κ2) is 8.33. The molecule has 0 atom stereocenters. The first-order valence-electron chi connectivity index (χ1n) is 9.43. The van der Waals surface area contributed by atoms with Gasteiger partial charge in [-0.25, -0.2) is 9.37 Å². The Kier molecular flexibility index (Phi) is 5.46. The molecule has 0 aliphatic rings. The van der Waals surface area contributed by atoms with Crippen LogP contribution in [0.5, 0.6) is 0 Å². The van der Waals surface area contributed by atoms with Gasteiger partial charge in [-0.2, -0.15) is 0 Å². The van der Waals surface area contributed by atoms with Crippen LogP contribution in [0.3, 0.4) is 0 Å². The molecule has 4 aromatic rings. The lowest BCUT2D eigenvalue weighted by Crippen LogP contribution is -2.24. The van der Waals surface area contributed by atoms with Gasteiger partial charge in [0.25, 0.3) is 0 Å². The fourth-order valence-electron chi connectivity index (χ4n) is 3.20. The quantitative estimate of drug-likeness (QED) is 0.422. The zero-order valence-electron chi connectivity index (χ0n) is 15.8. The molecule has 0 spiro atoms. The van der Waals surface area contributed by atoms with E-state index in [4.69, 9.17) is 0 Å². The van der Waals surface area contributed by atoms with Gasteiger partial charge >= 0.3 is 0 Å². The Balaban J connectivity index is 1.48. The van der Waals surface area contributed by atoms with E-state index in [2.05, 4.69) is 57.0 Å². The molecule has 0 fully saturated rings. The standard InChI is InChI=1S/C23H23FN4/c1-25-12-13-26-15-16-2-4-17(5-3-16)18-6-8-19(9-7-18)23-27-21-11-10-20(24)14-22(21)28-23/h2-11,14,25-26H,12-13,15H2,1H3,(H,27,28). The van der Waals surface area contributed by atoms with Crippen LogP contribution in [0.15, 0.2) is 66.7 Å². The molecule has 0 unspecified atom stereocenters. The average molecular weight is 374 g/mol. The van der Waals surface area contributed by atoms with Gasteiger partial charge in [-0.05, 0) is 41.9 Å². The number of hydrogen-bond acceptors (Lipinski definition) is 3. The molecule has 142 valence electrons. The second-order valence-electron chi connectivity index (χ2n) is 6.80. The first kappa shape index (κ1) is 18.3. The molecule has 1 heterocycles. The number of halogens is 1. The number of aromatic amines is 1. The van der Waals surface area contributed by atoms with Crippen molar-refractivity contribution in [2.45, 2.75) is 6.54 Å². The van der Waals surface area contributed by atoms with Crippen LogP contribution in [0, 0.1) is 5.82 Å². The van der Waals surface area contributed by atoms with Gasteiger partial charge in [0.05, 0.1) is 11.0 Å². The summed E-state index contributed by atoms with van der Waals surface area (Å²) in [5.41, 5.74) is 6.05. The molecule has 4 nitrogen and oxygen atoms in total. The van der Waals surface area contributed by atoms with E-state index in [1.807, 2.05) is 19.2 Å². The molecule has 0 aliphatic heterocycles. The smallest absolute Gasteiger partial charge is 0.138 e. The minimum absolute atomic E-state index is 0.265.